The monoisotopic (exact) mass is 560 g/mol. The summed E-state index contributed by atoms with van der Waals surface area (Å²) in [5.74, 6) is 0.246. The third-order valence-corrected chi connectivity index (χ3v) is 7.56. The summed E-state index contributed by atoms with van der Waals surface area (Å²) in [6.45, 7) is 10.5. The first-order valence-electron chi connectivity index (χ1n) is 14.6. The number of carboxylic acids is 1. The highest BCUT2D eigenvalue weighted by Crippen LogP contribution is 2.23. The molecule has 0 saturated carbocycles. The first kappa shape index (κ1) is 30.4. The molecule has 0 saturated heterocycles. The normalized spacial score (nSPS) is 10.8. The van der Waals surface area contributed by atoms with Crippen molar-refractivity contribution in [1.82, 2.24) is 9.55 Å². The summed E-state index contributed by atoms with van der Waals surface area (Å²) >= 11 is 0. The molecule has 5 aromatic rings. The molecule has 1 N–H and O–H groups in total. The minimum Gasteiger partial charge on any atom is -0.478 e. The number of benzene rings is 3. The number of hydrogen-bond donors (Lipinski definition) is 1. The molecule has 0 amide bonds. The van der Waals surface area contributed by atoms with Gasteiger partial charge in [0, 0.05) is 13.0 Å². The average molecular weight is 561 g/mol. The van der Waals surface area contributed by atoms with Crippen LogP contribution >= 0.6 is 0 Å². The summed E-state index contributed by atoms with van der Waals surface area (Å²) < 4.78 is 2.30. The van der Waals surface area contributed by atoms with E-state index in [1.54, 1.807) is 19.1 Å². The fraction of sp³-hybridized carbons (Fsp3) is 0.270. The Labute approximate surface area is 248 Å². The van der Waals surface area contributed by atoms with Gasteiger partial charge in [0.25, 0.3) is 0 Å². The van der Waals surface area contributed by atoms with E-state index >= 15 is 0 Å². The molecule has 216 valence electrons. The highest BCUT2D eigenvalue weighted by Gasteiger charge is 2.13. The number of aromatic carboxylic acids is 1. The molecule has 0 aliphatic rings. The Morgan fingerprint density at radius 2 is 1.45 bits per heavy atom. The quantitative estimate of drug-likeness (QED) is 0.193. The van der Waals surface area contributed by atoms with Gasteiger partial charge < -0.3 is 9.67 Å². The van der Waals surface area contributed by atoms with Gasteiger partial charge in [-0.1, -0.05) is 92.1 Å². The molecule has 0 fully saturated rings. The maximum Gasteiger partial charge on any atom is 0.335 e. The lowest BCUT2D eigenvalue weighted by Crippen LogP contribution is -2.07. The minimum atomic E-state index is -0.859. The van der Waals surface area contributed by atoms with Crippen molar-refractivity contribution in [3.63, 3.8) is 0 Å². The molecule has 0 atom stereocenters. The van der Waals surface area contributed by atoms with Crippen molar-refractivity contribution in [2.45, 2.75) is 66.8 Å². The van der Waals surface area contributed by atoms with Gasteiger partial charge in [0.1, 0.15) is 5.82 Å². The number of nitrogens with zero attached hydrogens (tertiary/aromatic N) is 2. The summed E-state index contributed by atoms with van der Waals surface area (Å²) in [6, 6.07) is 28.5. The maximum atomic E-state index is 12.5. The van der Waals surface area contributed by atoms with Gasteiger partial charge in [-0.3, -0.25) is 4.79 Å². The van der Waals surface area contributed by atoms with E-state index in [1.165, 1.54) is 29.5 Å². The van der Waals surface area contributed by atoms with Crippen LogP contribution in [0, 0.1) is 27.7 Å². The highest BCUT2D eigenvalue weighted by atomic mass is 16.4. The highest BCUT2D eigenvalue weighted by molar-refractivity contribution is 5.89. The molecule has 0 aliphatic carbocycles. The fourth-order valence-corrected chi connectivity index (χ4v) is 5.21. The van der Waals surface area contributed by atoms with Crippen LogP contribution in [0.5, 0.6) is 0 Å². The predicted molar refractivity (Wildman–Crippen MR) is 173 cm³/mol. The second-order valence-corrected chi connectivity index (χ2v) is 11.0. The Balaban J connectivity index is 0.000000310. The molecule has 0 aliphatic heterocycles. The molecule has 0 unspecified atom stereocenters. The largest absolute Gasteiger partial charge is 0.478 e. The number of fused-ring (bicyclic) bond motifs is 1. The summed E-state index contributed by atoms with van der Waals surface area (Å²) in [5, 5.41) is 8.66. The van der Waals surface area contributed by atoms with E-state index in [2.05, 4.69) is 60.0 Å². The summed E-state index contributed by atoms with van der Waals surface area (Å²) in [5.41, 5.74) is 9.55. The average Bonchev–Trinajstić information content (AvgIpc) is 3.23. The lowest BCUT2D eigenvalue weighted by molar-refractivity contribution is 0.0696. The van der Waals surface area contributed by atoms with Crippen LogP contribution in [0.1, 0.15) is 70.2 Å². The zero-order valence-corrected chi connectivity index (χ0v) is 25.3. The van der Waals surface area contributed by atoms with Gasteiger partial charge in [0.2, 0.25) is 0 Å². The van der Waals surface area contributed by atoms with Crippen LogP contribution in [0.15, 0.2) is 89.7 Å². The van der Waals surface area contributed by atoms with Crippen LogP contribution in [0.25, 0.3) is 22.2 Å². The molecule has 5 heteroatoms. The van der Waals surface area contributed by atoms with Crippen molar-refractivity contribution in [3.8, 4) is 11.1 Å². The van der Waals surface area contributed by atoms with E-state index in [0.29, 0.717) is 5.56 Å². The topological polar surface area (TPSA) is 72.2 Å². The van der Waals surface area contributed by atoms with Crippen LogP contribution in [-0.2, 0) is 13.0 Å². The molecule has 5 nitrogen and oxygen atoms in total. The molecule has 4 aromatic carbocycles. The van der Waals surface area contributed by atoms with Gasteiger partial charge >= 0.3 is 5.97 Å². The van der Waals surface area contributed by atoms with E-state index in [9.17, 15) is 9.59 Å². The van der Waals surface area contributed by atoms with Crippen LogP contribution < -0.4 is 5.43 Å². The molecular weight excluding hydrogens is 520 g/mol. The Kier molecular flexibility index (Phi) is 10.1. The van der Waals surface area contributed by atoms with Crippen LogP contribution in [0.3, 0.4) is 0 Å². The number of imidazole rings is 1. The summed E-state index contributed by atoms with van der Waals surface area (Å²) in [6.07, 6.45) is 4.47. The smallest absolute Gasteiger partial charge is 0.335 e. The minimum absolute atomic E-state index is 0.101. The molecular formula is C37H40N2O3. The third-order valence-electron chi connectivity index (χ3n) is 7.56. The first-order valence-corrected chi connectivity index (χ1v) is 14.6. The zero-order chi connectivity index (χ0) is 30.2. The lowest BCUT2D eigenvalue weighted by atomic mass is 10.0. The SMILES string of the molecule is CCCCCc1nc2cc(C)c(=O)c(C)cc2n1Cc1ccc(-c2ccccc2)cc1.Cc1ccc(C(=O)O)c(C)c1. The fourth-order valence-electron chi connectivity index (χ4n) is 5.21. The number of rotatable bonds is 8. The molecule has 0 radical (unpaired) electrons. The van der Waals surface area contributed by atoms with Crippen molar-refractivity contribution in [2.24, 2.45) is 0 Å². The van der Waals surface area contributed by atoms with Gasteiger partial charge in [-0.25, -0.2) is 9.78 Å². The van der Waals surface area contributed by atoms with Crippen molar-refractivity contribution < 1.29 is 9.90 Å². The Morgan fingerprint density at radius 3 is 2.10 bits per heavy atom. The van der Waals surface area contributed by atoms with Crippen LogP contribution in [0.2, 0.25) is 0 Å². The van der Waals surface area contributed by atoms with Crippen LogP contribution in [-0.4, -0.2) is 20.6 Å². The van der Waals surface area contributed by atoms with E-state index in [4.69, 9.17) is 10.1 Å². The van der Waals surface area contributed by atoms with Crippen LogP contribution in [0.4, 0.5) is 0 Å². The first-order chi connectivity index (χ1) is 20.2. The van der Waals surface area contributed by atoms with Crippen molar-refractivity contribution in [2.75, 3.05) is 0 Å². The number of aromatic nitrogens is 2. The van der Waals surface area contributed by atoms with E-state index in [-0.39, 0.29) is 5.43 Å². The number of unbranched alkanes of at least 4 members (excludes halogenated alkanes) is 2. The lowest BCUT2D eigenvalue weighted by Gasteiger charge is -2.10. The van der Waals surface area contributed by atoms with Gasteiger partial charge in [0.05, 0.1) is 16.6 Å². The summed E-state index contributed by atoms with van der Waals surface area (Å²) in [4.78, 5) is 28.0. The Morgan fingerprint density at radius 1 is 0.786 bits per heavy atom. The molecule has 42 heavy (non-hydrogen) atoms. The van der Waals surface area contributed by atoms with E-state index in [0.717, 1.165) is 58.5 Å². The van der Waals surface area contributed by atoms with E-state index < -0.39 is 5.97 Å². The van der Waals surface area contributed by atoms with Gasteiger partial charge in [0.15, 0.2) is 5.43 Å². The second-order valence-electron chi connectivity index (χ2n) is 11.0. The van der Waals surface area contributed by atoms with Gasteiger partial charge in [-0.2, -0.15) is 0 Å². The third kappa shape index (κ3) is 7.41. The predicted octanol–water partition coefficient (Wildman–Crippen LogP) is 8.46. The van der Waals surface area contributed by atoms with Gasteiger partial charge in [-0.05, 0) is 85.7 Å². The molecule has 1 aromatic heterocycles. The summed E-state index contributed by atoms with van der Waals surface area (Å²) in [7, 11) is 0. The molecule has 5 rings (SSSR count). The van der Waals surface area contributed by atoms with Gasteiger partial charge in [-0.15, -0.1) is 0 Å². The Bertz CT molecular complexity index is 1740. The van der Waals surface area contributed by atoms with Crippen molar-refractivity contribution >= 4 is 17.0 Å². The molecule has 0 bridgehead atoms. The number of carbonyl (C=O) groups is 1. The maximum absolute atomic E-state index is 12.5. The zero-order valence-electron chi connectivity index (χ0n) is 25.3. The van der Waals surface area contributed by atoms with Crippen molar-refractivity contribution in [3.05, 3.63) is 134 Å². The second kappa shape index (κ2) is 13.9. The number of hydrogen-bond acceptors (Lipinski definition) is 3. The van der Waals surface area contributed by atoms with Crippen molar-refractivity contribution in [1.29, 1.82) is 0 Å². The van der Waals surface area contributed by atoms with E-state index in [1.807, 2.05) is 45.0 Å². The molecule has 0 spiro atoms. The number of aryl methyl sites for hydroxylation is 5. The number of carboxylic acid groups (broad SMARTS) is 1. The Hall–Kier alpha value is -4.51. The standard InChI is InChI=1S/C28H30N2O.C9H10O2/c1-4-5-7-12-27-29-25-17-20(2)28(31)21(3)18-26(25)30(27)19-22-13-15-24(16-14-22)23-10-8-6-9-11-23;1-6-3-4-8(9(10)11)7(2)5-6/h6,8-11,13-18H,4-5,7,12,19H2,1-3H3;3-5H,1-2H3,(H,10,11). The molecule has 1 heterocycles.